The van der Waals surface area contributed by atoms with Gasteiger partial charge in [-0.15, -0.1) is 0 Å². The van der Waals surface area contributed by atoms with Crippen molar-refractivity contribution in [3.05, 3.63) is 29.8 Å². The van der Waals surface area contributed by atoms with E-state index in [1.54, 1.807) is 31.4 Å². The van der Waals surface area contributed by atoms with Gasteiger partial charge in [0, 0.05) is 12.6 Å². The molecule has 1 aliphatic rings. The van der Waals surface area contributed by atoms with Crippen LogP contribution in [0.25, 0.3) is 0 Å². The molecule has 1 fully saturated rings. The Labute approximate surface area is 179 Å². The molecular weight excluding hydrogens is 406 g/mol. The van der Waals surface area contributed by atoms with Crippen molar-refractivity contribution < 1.29 is 22.7 Å². The van der Waals surface area contributed by atoms with Crippen molar-refractivity contribution in [1.82, 2.24) is 10.2 Å². The van der Waals surface area contributed by atoms with E-state index in [-0.39, 0.29) is 24.9 Å². The number of amides is 3. The van der Waals surface area contributed by atoms with E-state index in [9.17, 15) is 18.0 Å². The van der Waals surface area contributed by atoms with Crippen LogP contribution in [0.4, 0.5) is 4.79 Å². The van der Waals surface area contributed by atoms with Gasteiger partial charge in [-0.05, 0) is 43.4 Å². The van der Waals surface area contributed by atoms with E-state index in [0.717, 1.165) is 37.7 Å². The molecule has 166 valence electrons. The van der Waals surface area contributed by atoms with Gasteiger partial charge in [-0.2, -0.15) is 12.8 Å². The average molecular weight is 438 g/mol. The minimum atomic E-state index is -2.51. The number of hydrogen-bond acceptors (Lipinski definition) is 6. The Hall–Kier alpha value is -2.42. The standard InChI is InChI=1S/C21H31N3O5S/c1-3-4-5-6-18(23-30(27)28)13-14-24(21(26)22-17-9-10-17)20(25)15-16-7-11-19(29-2)12-8-16/h7-8,11-12,17-18H,3-6,9-10,13-15H2,1-2H3,(H,22,26). The van der Waals surface area contributed by atoms with E-state index in [4.69, 9.17) is 4.74 Å². The van der Waals surface area contributed by atoms with Gasteiger partial charge in [0.1, 0.15) is 5.75 Å². The van der Waals surface area contributed by atoms with Gasteiger partial charge in [-0.25, -0.2) is 4.79 Å². The molecule has 0 saturated heterocycles. The minimum absolute atomic E-state index is 0.0766. The van der Waals surface area contributed by atoms with Gasteiger partial charge >= 0.3 is 16.5 Å². The summed E-state index contributed by atoms with van der Waals surface area (Å²) in [5, 5.41) is 2.85. The summed E-state index contributed by atoms with van der Waals surface area (Å²) in [7, 11) is -0.941. The van der Waals surface area contributed by atoms with Crippen LogP contribution >= 0.6 is 0 Å². The first-order chi connectivity index (χ1) is 14.4. The van der Waals surface area contributed by atoms with E-state index in [0.29, 0.717) is 18.6 Å². The summed E-state index contributed by atoms with van der Waals surface area (Å²) in [6, 6.07) is 6.38. The number of nitrogens with one attached hydrogen (secondary N) is 1. The highest BCUT2D eigenvalue weighted by Crippen LogP contribution is 2.20. The number of rotatable bonds is 12. The molecule has 2 rings (SSSR count). The quantitative estimate of drug-likeness (QED) is 0.505. The molecule has 1 aromatic rings. The molecule has 30 heavy (non-hydrogen) atoms. The third kappa shape index (κ3) is 8.52. The Balaban J connectivity index is 2.05. The number of methoxy groups -OCH3 is 1. The zero-order chi connectivity index (χ0) is 21.9. The van der Waals surface area contributed by atoms with Crippen molar-refractivity contribution in [3.63, 3.8) is 0 Å². The molecule has 0 aromatic heterocycles. The Morgan fingerprint density at radius 3 is 2.47 bits per heavy atom. The summed E-state index contributed by atoms with van der Waals surface area (Å²) in [4.78, 5) is 26.7. The number of urea groups is 1. The van der Waals surface area contributed by atoms with Crippen LogP contribution in [-0.4, -0.2) is 51.0 Å². The molecule has 1 unspecified atom stereocenters. The molecule has 0 bridgehead atoms. The highest BCUT2D eigenvalue weighted by molar-refractivity contribution is 7.61. The number of benzene rings is 1. The lowest BCUT2D eigenvalue weighted by molar-refractivity contribution is -0.127. The van der Waals surface area contributed by atoms with Crippen LogP contribution in [0.1, 0.15) is 57.4 Å². The van der Waals surface area contributed by atoms with Gasteiger partial charge < -0.3 is 10.1 Å². The molecule has 9 heteroatoms. The maximum atomic E-state index is 12.9. The number of ether oxygens (including phenoxy) is 1. The molecule has 8 nitrogen and oxygen atoms in total. The van der Waals surface area contributed by atoms with E-state index in [2.05, 4.69) is 16.6 Å². The molecule has 1 aliphatic carbocycles. The van der Waals surface area contributed by atoms with E-state index in [1.165, 1.54) is 4.90 Å². The van der Waals surface area contributed by atoms with Gasteiger partial charge in [-0.1, -0.05) is 38.3 Å². The zero-order valence-electron chi connectivity index (χ0n) is 17.7. The van der Waals surface area contributed by atoms with Crippen molar-refractivity contribution in [2.75, 3.05) is 13.7 Å². The largest absolute Gasteiger partial charge is 0.497 e. The van der Waals surface area contributed by atoms with E-state index < -0.39 is 22.6 Å². The van der Waals surface area contributed by atoms with E-state index in [1.807, 2.05) is 0 Å². The topological polar surface area (TPSA) is 105 Å². The number of hydrogen-bond donors (Lipinski definition) is 1. The third-order valence-electron chi connectivity index (χ3n) is 5.03. The first-order valence-electron chi connectivity index (χ1n) is 10.5. The van der Waals surface area contributed by atoms with Crippen LogP contribution in [0.15, 0.2) is 28.6 Å². The van der Waals surface area contributed by atoms with Crippen LogP contribution in [0, 0.1) is 0 Å². The predicted molar refractivity (Wildman–Crippen MR) is 114 cm³/mol. The lowest BCUT2D eigenvalue weighted by atomic mass is 10.1. The summed E-state index contributed by atoms with van der Waals surface area (Å²) >= 11 is 0. The third-order valence-corrected chi connectivity index (χ3v) is 5.50. The Morgan fingerprint density at radius 1 is 1.20 bits per heavy atom. The second-order valence-electron chi connectivity index (χ2n) is 7.55. The van der Waals surface area contributed by atoms with Crippen LogP contribution in [0.2, 0.25) is 0 Å². The number of nitrogens with zero attached hydrogens (tertiary/aromatic N) is 2. The smallest absolute Gasteiger partial charge is 0.324 e. The van der Waals surface area contributed by atoms with Gasteiger partial charge in [-0.3, -0.25) is 9.69 Å². The molecule has 3 amide bonds. The Bertz CT molecular complexity index is 827. The molecular formula is C21H31N3O5S. The first-order valence-corrected chi connectivity index (χ1v) is 11.5. The van der Waals surface area contributed by atoms with Crippen LogP contribution in [0.3, 0.4) is 0 Å². The van der Waals surface area contributed by atoms with Crippen molar-refractivity contribution >= 4 is 22.4 Å². The highest BCUT2D eigenvalue weighted by Gasteiger charge is 2.29. The van der Waals surface area contributed by atoms with Crippen LogP contribution in [-0.2, 0) is 21.7 Å². The Morgan fingerprint density at radius 2 is 1.90 bits per heavy atom. The van der Waals surface area contributed by atoms with Crippen molar-refractivity contribution in [1.29, 1.82) is 0 Å². The number of carbonyl (C=O) groups excluding carboxylic acids is 2. The number of imide groups is 1. The first kappa shape index (κ1) is 23.9. The average Bonchev–Trinajstić information content (AvgIpc) is 3.52. The molecule has 0 radical (unpaired) electrons. The second kappa shape index (κ2) is 12.3. The number of carbonyl (C=O) groups is 2. The predicted octanol–water partition coefficient (Wildman–Crippen LogP) is 3.34. The van der Waals surface area contributed by atoms with Crippen molar-refractivity contribution in [3.8, 4) is 5.75 Å². The molecule has 1 N–H and O–H groups in total. The summed E-state index contributed by atoms with van der Waals surface area (Å²) in [5.41, 5.74) is 0.773. The monoisotopic (exact) mass is 437 g/mol. The molecule has 1 aromatic carbocycles. The van der Waals surface area contributed by atoms with E-state index >= 15 is 0 Å². The van der Waals surface area contributed by atoms with Gasteiger partial charge in [0.25, 0.3) is 0 Å². The minimum Gasteiger partial charge on any atom is -0.497 e. The summed E-state index contributed by atoms with van der Waals surface area (Å²) < 4.78 is 31.0. The fourth-order valence-corrected chi connectivity index (χ4v) is 3.57. The molecule has 0 heterocycles. The lowest BCUT2D eigenvalue weighted by Crippen LogP contribution is -2.46. The molecule has 1 saturated carbocycles. The lowest BCUT2D eigenvalue weighted by Gasteiger charge is -2.23. The number of unbranched alkanes of at least 4 members (excludes halogenated alkanes) is 2. The fourth-order valence-electron chi connectivity index (χ4n) is 3.11. The van der Waals surface area contributed by atoms with Gasteiger partial charge in [0.05, 0.1) is 19.6 Å². The maximum Gasteiger partial charge on any atom is 0.324 e. The summed E-state index contributed by atoms with van der Waals surface area (Å²) in [6.07, 6.45) is 5.70. The van der Waals surface area contributed by atoms with Gasteiger partial charge in [0.15, 0.2) is 0 Å². The van der Waals surface area contributed by atoms with Crippen LogP contribution < -0.4 is 10.1 Å². The molecule has 0 spiro atoms. The maximum absolute atomic E-state index is 12.9. The zero-order valence-corrected chi connectivity index (χ0v) is 18.5. The van der Waals surface area contributed by atoms with Gasteiger partial charge in [0.2, 0.25) is 5.91 Å². The highest BCUT2D eigenvalue weighted by atomic mass is 32.2. The van der Waals surface area contributed by atoms with Crippen molar-refractivity contribution in [2.24, 2.45) is 4.36 Å². The Kier molecular flexibility index (Phi) is 9.79. The fraction of sp³-hybridized carbons (Fsp3) is 0.619. The normalized spacial score (nSPS) is 13.9. The molecule has 0 aliphatic heterocycles. The van der Waals surface area contributed by atoms with Crippen molar-refractivity contribution in [2.45, 2.75) is 70.4 Å². The summed E-state index contributed by atoms with van der Waals surface area (Å²) in [5.74, 6) is 0.366. The second-order valence-corrected chi connectivity index (χ2v) is 8.20. The molecule has 1 atom stereocenters. The SMILES string of the molecule is CCCCCC(CCN(C(=O)Cc1ccc(OC)cc1)C(=O)NC1CC1)N=S(=O)=O. The van der Waals surface area contributed by atoms with Crippen LogP contribution in [0.5, 0.6) is 5.75 Å². The summed E-state index contributed by atoms with van der Waals surface area (Å²) in [6.45, 7) is 2.20.